The standard InChI is InChI=1S/C20H21ClFN3O3/c1-12(26)24-18(11-14-3-2-4-16(22)9-14)20(28)25-17(19(23)27)10-13-5-7-15(21)8-6-13/h2-9,17-18H,10-11H2,1H3,(H2,23,27)(H,24,26)(H,25,28)/t17-,18-/m0/s1. The first-order valence-corrected chi connectivity index (χ1v) is 8.98. The number of primary amides is 1. The molecule has 0 heterocycles. The summed E-state index contributed by atoms with van der Waals surface area (Å²) in [4.78, 5) is 36.0. The molecule has 8 heteroatoms. The SMILES string of the molecule is CC(=O)N[C@@H](Cc1cccc(F)c1)C(=O)N[C@@H](Cc1ccc(Cl)cc1)C(N)=O. The van der Waals surface area contributed by atoms with Crippen LogP contribution in [0.4, 0.5) is 4.39 Å². The number of hydrogen-bond acceptors (Lipinski definition) is 3. The van der Waals surface area contributed by atoms with Crippen LogP contribution in [0.1, 0.15) is 18.1 Å². The number of amides is 3. The lowest BCUT2D eigenvalue weighted by atomic mass is 10.0. The Kier molecular flexibility index (Phi) is 7.52. The molecule has 0 spiro atoms. The fourth-order valence-electron chi connectivity index (χ4n) is 2.71. The van der Waals surface area contributed by atoms with Gasteiger partial charge in [-0.2, -0.15) is 0 Å². The van der Waals surface area contributed by atoms with Crippen molar-refractivity contribution >= 4 is 29.3 Å². The van der Waals surface area contributed by atoms with E-state index >= 15 is 0 Å². The van der Waals surface area contributed by atoms with Crippen LogP contribution in [0.5, 0.6) is 0 Å². The zero-order chi connectivity index (χ0) is 20.7. The van der Waals surface area contributed by atoms with Gasteiger partial charge >= 0.3 is 0 Å². The third-order valence-corrected chi connectivity index (χ3v) is 4.29. The van der Waals surface area contributed by atoms with E-state index in [2.05, 4.69) is 10.6 Å². The molecule has 148 valence electrons. The van der Waals surface area contributed by atoms with Crippen LogP contribution in [0.25, 0.3) is 0 Å². The number of nitrogens with one attached hydrogen (secondary N) is 2. The van der Waals surface area contributed by atoms with E-state index in [0.717, 1.165) is 5.56 Å². The maximum absolute atomic E-state index is 13.4. The van der Waals surface area contributed by atoms with Crippen LogP contribution in [-0.4, -0.2) is 29.8 Å². The van der Waals surface area contributed by atoms with Crippen LogP contribution in [0, 0.1) is 5.82 Å². The second-order valence-corrected chi connectivity index (χ2v) is 6.82. The Morgan fingerprint density at radius 1 is 1.00 bits per heavy atom. The molecule has 2 aromatic rings. The van der Waals surface area contributed by atoms with Gasteiger partial charge in [0.05, 0.1) is 0 Å². The molecule has 0 bridgehead atoms. The van der Waals surface area contributed by atoms with Crippen molar-refractivity contribution in [3.63, 3.8) is 0 Å². The molecule has 2 atom stereocenters. The molecule has 0 radical (unpaired) electrons. The van der Waals surface area contributed by atoms with Crippen molar-refractivity contribution < 1.29 is 18.8 Å². The van der Waals surface area contributed by atoms with Crippen LogP contribution in [0.3, 0.4) is 0 Å². The largest absolute Gasteiger partial charge is 0.368 e. The van der Waals surface area contributed by atoms with E-state index in [1.165, 1.54) is 25.1 Å². The Bertz CT molecular complexity index is 858. The van der Waals surface area contributed by atoms with Crippen LogP contribution >= 0.6 is 11.6 Å². The third-order valence-electron chi connectivity index (χ3n) is 4.04. The van der Waals surface area contributed by atoms with Crippen molar-refractivity contribution in [1.29, 1.82) is 0 Å². The van der Waals surface area contributed by atoms with Gasteiger partial charge in [-0.1, -0.05) is 35.9 Å². The molecule has 6 nitrogen and oxygen atoms in total. The van der Waals surface area contributed by atoms with Gasteiger partial charge in [0.15, 0.2) is 0 Å². The predicted molar refractivity (Wildman–Crippen MR) is 104 cm³/mol. The minimum Gasteiger partial charge on any atom is -0.368 e. The number of halogens is 2. The lowest BCUT2D eigenvalue weighted by molar-refractivity contribution is -0.130. The summed E-state index contributed by atoms with van der Waals surface area (Å²) in [5.41, 5.74) is 6.71. The fraction of sp³-hybridized carbons (Fsp3) is 0.250. The molecular formula is C20H21ClFN3O3. The van der Waals surface area contributed by atoms with Crippen molar-refractivity contribution in [2.45, 2.75) is 31.8 Å². The molecule has 0 aliphatic carbocycles. The van der Waals surface area contributed by atoms with Gasteiger partial charge in [-0.25, -0.2) is 4.39 Å². The first-order valence-electron chi connectivity index (χ1n) is 8.60. The van der Waals surface area contributed by atoms with E-state index in [-0.39, 0.29) is 12.8 Å². The zero-order valence-electron chi connectivity index (χ0n) is 15.2. The van der Waals surface area contributed by atoms with E-state index < -0.39 is 35.6 Å². The molecule has 0 unspecified atom stereocenters. The monoisotopic (exact) mass is 405 g/mol. The maximum atomic E-state index is 13.4. The minimum atomic E-state index is -0.980. The maximum Gasteiger partial charge on any atom is 0.243 e. The lowest BCUT2D eigenvalue weighted by Crippen LogP contribution is -2.54. The summed E-state index contributed by atoms with van der Waals surface area (Å²) in [6, 6.07) is 10.5. The minimum absolute atomic E-state index is 0.0651. The highest BCUT2D eigenvalue weighted by Gasteiger charge is 2.25. The summed E-state index contributed by atoms with van der Waals surface area (Å²) < 4.78 is 13.4. The molecule has 0 aromatic heterocycles. The van der Waals surface area contributed by atoms with Crippen molar-refractivity contribution in [2.75, 3.05) is 0 Å². The lowest BCUT2D eigenvalue weighted by Gasteiger charge is -2.22. The molecule has 0 fully saturated rings. The van der Waals surface area contributed by atoms with Crippen molar-refractivity contribution in [1.82, 2.24) is 10.6 Å². The van der Waals surface area contributed by atoms with Crippen LogP contribution in [0.15, 0.2) is 48.5 Å². The van der Waals surface area contributed by atoms with Crippen LogP contribution in [-0.2, 0) is 27.2 Å². The van der Waals surface area contributed by atoms with E-state index in [1.807, 2.05) is 0 Å². The second-order valence-electron chi connectivity index (χ2n) is 6.38. The Morgan fingerprint density at radius 2 is 1.64 bits per heavy atom. The summed E-state index contributed by atoms with van der Waals surface area (Å²) in [5.74, 6) is -2.17. The van der Waals surface area contributed by atoms with Gasteiger partial charge in [0.1, 0.15) is 17.9 Å². The van der Waals surface area contributed by atoms with Gasteiger partial charge in [-0.05, 0) is 35.4 Å². The summed E-state index contributed by atoms with van der Waals surface area (Å²) in [6.07, 6.45) is 0.237. The molecule has 0 aliphatic heterocycles. The molecule has 3 amide bonds. The topological polar surface area (TPSA) is 101 Å². The summed E-state index contributed by atoms with van der Waals surface area (Å²) >= 11 is 5.84. The normalized spacial score (nSPS) is 12.7. The first-order chi connectivity index (χ1) is 13.2. The predicted octanol–water partition coefficient (Wildman–Crippen LogP) is 1.74. The van der Waals surface area contributed by atoms with Gasteiger partial charge in [-0.15, -0.1) is 0 Å². The Balaban J connectivity index is 2.12. The number of carbonyl (C=O) groups is 3. The van der Waals surface area contributed by atoms with Crippen molar-refractivity contribution in [2.24, 2.45) is 5.73 Å². The highest BCUT2D eigenvalue weighted by atomic mass is 35.5. The molecule has 4 N–H and O–H groups in total. The van der Waals surface area contributed by atoms with Gasteiger partial charge < -0.3 is 16.4 Å². The number of benzene rings is 2. The number of nitrogens with two attached hydrogens (primary N) is 1. The Labute approximate surface area is 167 Å². The van der Waals surface area contributed by atoms with E-state index in [9.17, 15) is 18.8 Å². The van der Waals surface area contributed by atoms with Gasteiger partial charge in [-0.3, -0.25) is 14.4 Å². The van der Waals surface area contributed by atoms with Gasteiger partial charge in [0.25, 0.3) is 0 Å². The summed E-state index contributed by atoms with van der Waals surface area (Å²) in [6.45, 7) is 1.27. The fourth-order valence-corrected chi connectivity index (χ4v) is 2.83. The smallest absolute Gasteiger partial charge is 0.243 e. The van der Waals surface area contributed by atoms with Crippen LogP contribution < -0.4 is 16.4 Å². The number of carbonyl (C=O) groups excluding carboxylic acids is 3. The third kappa shape index (κ3) is 6.66. The highest BCUT2D eigenvalue weighted by Crippen LogP contribution is 2.12. The summed E-state index contributed by atoms with van der Waals surface area (Å²) in [5, 5.41) is 5.63. The van der Waals surface area contributed by atoms with E-state index in [1.54, 1.807) is 30.3 Å². The Morgan fingerprint density at radius 3 is 2.21 bits per heavy atom. The zero-order valence-corrected chi connectivity index (χ0v) is 16.0. The number of hydrogen-bond donors (Lipinski definition) is 3. The number of rotatable bonds is 8. The van der Waals surface area contributed by atoms with Crippen molar-refractivity contribution in [3.8, 4) is 0 Å². The molecular weight excluding hydrogens is 385 g/mol. The first kappa shape index (κ1) is 21.4. The quantitative estimate of drug-likeness (QED) is 0.623. The van der Waals surface area contributed by atoms with Gasteiger partial charge in [0, 0.05) is 24.8 Å². The second kappa shape index (κ2) is 9.85. The average molecular weight is 406 g/mol. The van der Waals surface area contributed by atoms with E-state index in [0.29, 0.717) is 10.6 Å². The van der Waals surface area contributed by atoms with Gasteiger partial charge in [0.2, 0.25) is 17.7 Å². The van der Waals surface area contributed by atoms with E-state index in [4.69, 9.17) is 17.3 Å². The average Bonchev–Trinajstić information content (AvgIpc) is 2.62. The molecule has 2 rings (SSSR count). The Hall–Kier alpha value is -2.93. The summed E-state index contributed by atoms with van der Waals surface area (Å²) in [7, 11) is 0. The molecule has 0 saturated heterocycles. The molecule has 0 saturated carbocycles. The van der Waals surface area contributed by atoms with Crippen LogP contribution in [0.2, 0.25) is 5.02 Å². The molecule has 2 aromatic carbocycles. The molecule has 0 aliphatic rings. The molecule has 28 heavy (non-hydrogen) atoms. The highest BCUT2D eigenvalue weighted by molar-refractivity contribution is 6.30. The van der Waals surface area contributed by atoms with Crippen molar-refractivity contribution in [3.05, 3.63) is 70.5 Å².